The fourth-order valence-corrected chi connectivity index (χ4v) is 3.11. The number of hydrogen-bond donors (Lipinski definition) is 1. The Morgan fingerprint density at radius 3 is 2.55 bits per heavy atom. The largest absolute Gasteiger partial charge is 0.475 e. The number of ether oxygens (including phenoxy) is 2. The van der Waals surface area contributed by atoms with Crippen LogP contribution in [0.2, 0.25) is 0 Å². The van der Waals surface area contributed by atoms with Crippen molar-refractivity contribution in [2.45, 2.75) is 6.54 Å². The summed E-state index contributed by atoms with van der Waals surface area (Å²) in [6, 6.07) is 9.94. The maximum Gasteiger partial charge on any atom is 0.218 e. The maximum atomic E-state index is 5.71. The summed E-state index contributed by atoms with van der Waals surface area (Å²) < 4.78 is 10.7. The van der Waals surface area contributed by atoms with Crippen molar-refractivity contribution >= 4 is 35.8 Å². The predicted molar refractivity (Wildman–Crippen MR) is 125 cm³/mol. The molecule has 0 radical (unpaired) electrons. The molecule has 0 aliphatic carbocycles. The van der Waals surface area contributed by atoms with E-state index in [1.54, 1.807) is 13.3 Å². The second-order valence-electron chi connectivity index (χ2n) is 6.37. The summed E-state index contributed by atoms with van der Waals surface area (Å²) in [4.78, 5) is 17.8. The molecular weight excluding hydrogens is 483 g/mol. The Balaban J connectivity index is 0.00000300. The number of anilines is 1. The van der Waals surface area contributed by atoms with E-state index in [0.29, 0.717) is 25.6 Å². The van der Waals surface area contributed by atoms with Gasteiger partial charge in [0.05, 0.1) is 6.61 Å². The van der Waals surface area contributed by atoms with Gasteiger partial charge in [-0.05, 0) is 18.2 Å². The Morgan fingerprint density at radius 2 is 1.86 bits per heavy atom. The SMILES string of the molecule is CN=C(NCc1cccnc1OCCOC)N1CCN(c2ccccn2)CC1.I. The van der Waals surface area contributed by atoms with Gasteiger partial charge < -0.3 is 24.6 Å². The molecule has 0 saturated carbocycles. The van der Waals surface area contributed by atoms with Crippen LogP contribution in [0.1, 0.15) is 5.56 Å². The minimum atomic E-state index is 0. The molecule has 158 valence electrons. The van der Waals surface area contributed by atoms with Crippen molar-refractivity contribution in [2.24, 2.45) is 4.99 Å². The lowest BCUT2D eigenvalue weighted by molar-refractivity contribution is 0.143. The molecule has 1 saturated heterocycles. The van der Waals surface area contributed by atoms with Crippen molar-refractivity contribution in [1.82, 2.24) is 20.2 Å². The molecule has 8 nitrogen and oxygen atoms in total. The first-order valence-corrected chi connectivity index (χ1v) is 9.49. The quantitative estimate of drug-likeness (QED) is 0.263. The van der Waals surface area contributed by atoms with E-state index in [2.05, 4.69) is 36.1 Å². The lowest BCUT2D eigenvalue weighted by Gasteiger charge is -2.37. The third-order valence-electron chi connectivity index (χ3n) is 4.58. The average Bonchev–Trinajstić information content (AvgIpc) is 2.76. The van der Waals surface area contributed by atoms with Crippen LogP contribution in [0.3, 0.4) is 0 Å². The van der Waals surface area contributed by atoms with Gasteiger partial charge in [0.15, 0.2) is 5.96 Å². The molecule has 1 N–H and O–H groups in total. The number of rotatable bonds is 7. The zero-order valence-corrected chi connectivity index (χ0v) is 19.3. The van der Waals surface area contributed by atoms with E-state index in [0.717, 1.165) is 43.5 Å². The summed E-state index contributed by atoms with van der Waals surface area (Å²) in [6.45, 7) is 5.21. The van der Waals surface area contributed by atoms with Crippen LogP contribution in [-0.4, -0.2) is 74.4 Å². The molecule has 2 aromatic heterocycles. The summed E-state index contributed by atoms with van der Waals surface area (Å²) in [7, 11) is 3.47. The van der Waals surface area contributed by atoms with E-state index in [-0.39, 0.29) is 24.0 Å². The summed E-state index contributed by atoms with van der Waals surface area (Å²) in [5.41, 5.74) is 0.992. The Bertz CT molecular complexity index is 754. The summed E-state index contributed by atoms with van der Waals surface area (Å²) in [5, 5.41) is 3.43. The van der Waals surface area contributed by atoms with E-state index in [1.165, 1.54) is 0 Å². The van der Waals surface area contributed by atoms with Gasteiger partial charge in [0.2, 0.25) is 5.88 Å². The monoisotopic (exact) mass is 512 g/mol. The highest BCUT2D eigenvalue weighted by atomic mass is 127. The zero-order chi connectivity index (χ0) is 19.6. The average molecular weight is 512 g/mol. The molecular formula is C20H29IN6O2. The first-order valence-electron chi connectivity index (χ1n) is 9.49. The third kappa shape index (κ3) is 6.70. The Morgan fingerprint density at radius 1 is 1.07 bits per heavy atom. The molecule has 2 aromatic rings. The first-order chi connectivity index (χ1) is 13.8. The van der Waals surface area contributed by atoms with Crippen LogP contribution in [0.5, 0.6) is 5.88 Å². The third-order valence-corrected chi connectivity index (χ3v) is 4.58. The van der Waals surface area contributed by atoms with Crippen LogP contribution in [0, 0.1) is 0 Å². The Hall–Kier alpha value is -2.14. The molecule has 0 amide bonds. The van der Waals surface area contributed by atoms with Gasteiger partial charge in [-0.3, -0.25) is 4.99 Å². The number of halogens is 1. The summed E-state index contributed by atoms with van der Waals surface area (Å²) in [5.74, 6) is 2.54. The standard InChI is InChI=1S/C20H28N6O2.HI/c1-21-20(24-16-17-6-5-9-23-19(17)28-15-14-27-2)26-12-10-25(11-13-26)18-7-3-4-8-22-18;/h3-9H,10-16H2,1-2H3,(H,21,24);1H. The van der Waals surface area contributed by atoms with Crippen LogP contribution in [0.15, 0.2) is 47.7 Å². The molecule has 1 aliphatic heterocycles. The molecule has 0 atom stereocenters. The van der Waals surface area contributed by atoms with Crippen LogP contribution >= 0.6 is 24.0 Å². The van der Waals surface area contributed by atoms with Gasteiger partial charge in [-0.25, -0.2) is 9.97 Å². The van der Waals surface area contributed by atoms with Gasteiger partial charge in [0, 0.05) is 64.8 Å². The van der Waals surface area contributed by atoms with E-state index < -0.39 is 0 Å². The van der Waals surface area contributed by atoms with Gasteiger partial charge in [-0.2, -0.15) is 0 Å². The highest BCUT2D eigenvalue weighted by molar-refractivity contribution is 14.0. The normalized spacial score (nSPS) is 14.3. The first kappa shape index (κ1) is 23.1. The van der Waals surface area contributed by atoms with Gasteiger partial charge in [-0.15, -0.1) is 24.0 Å². The number of methoxy groups -OCH3 is 1. The topological polar surface area (TPSA) is 75.1 Å². The number of guanidine groups is 1. The van der Waals surface area contributed by atoms with Gasteiger partial charge in [0.1, 0.15) is 12.4 Å². The number of nitrogens with one attached hydrogen (secondary N) is 1. The van der Waals surface area contributed by atoms with E-state index in [9.17, 15) is 0 Å². The van der Waals surface area contributed by atoms with Crippen LogP contribution in [0.25, 0.3) is 0 Å². The minimum Gasteiger partial charge on any atom is -0.475 e. The van der Waals surface area contributed by atoms with Gasteiger partial charge in [0.25, 0.3) is 0 Å². The number of nitrogens with zero attached hydrogens (tertiary/aromatic N) is 5. The minimum absolute atomic E-state index is 0. The summed E-state index contributed by atoms with van der Waals surface area (Å²) in [6.07, 6.45) is 3.57. The lowest BCUT2D eigenvalue weighted by Crippen LogP contribution is -2.52. The van der Waals surface area contributed by atoms with Crippen molar-refractivity contribution in [3.05, 3.63) is 48.3 Å². The van der Waals surface area contributed by atoms with E-state index in [1.807, 2.05) is 37.5 Å². The maximum absolute atomic E-state index is 5.71. The lowest BCUT2D eigenvalue weighted by atomic mass is 10.2. The van der Waals surface area contributed by atoms with Gasteiger partial charge >= 0.3 is 0 Å². The number of pyridine rings is 2. The molecule has 3 rings (SSSR count). The van der Waals surface area contributed by atoms with Crippen molar-refractivity contribution in [3.8, 4) is 5.88 Å². The molecule has 3 heterocycles. The highest BCUT2D eigenvalue weighted by Gasteiger charge is 2.20. The smallest absolute Gasteiger partial charge is 0.218 e. The molecule has 1 fully saturated rings. The Kier molecular flexibility index (Phi) is 9.92. The number of piperazine rings is 1. The second kappa shape index (κ2) is 12.4. The van der Waals surface area contributed by atoms with E-state index >= 15 is 0 Å². The Labute approximate surface area is 189 Å². The van der Waals surface area contributed by atoms with Crippen molar-refractivity contribution in [2.75, 3.05) is 58.5 Å². The van der Waals surface area contributed by atoms with Gasteiger partial charge in [-0.1, -0.05) is 12.1 Å². The highest BCUT2D eigenvalue weighted by Crippen LogP contribution is 2.15. The predicted octanol–water partition coefficient (Wildman–Crippen LogP) is 2.02. The summed E-state index contributed by atoms with van der Waals surface area (Å²) >= 11 is 0. The number of aliphatic imine (C=N–C) groups is 1. The molecule has 0 aromatic carbocycles. The molecule has 29 heavy (non-hydrogen) atoms. The number of hydrogen-bond acceptors (Lipinski definition) is 6. The molecule has 0 bridgehead atoms. The van der Waals surface area contributed by atoms with Crippen LogP contribution in [0.4, 0.5) is 5.82 Å². The zero-order valence-electron chi connectivity index (χ0n) is 17.0. The fourth-order valence-electron chi connectivity index (χ4n) is 3.11. The van der Waals surface area contributed by atoms with Crippen LogP contribution in [-0.2, 0) is 11.3 Å². The van der Waals surface area contributed by atoms with Crippen molar-refractivity contribution in [1.29, 1.82) is 0 Å². The molecule has 9 heteroatoms. The molecule has 1 aliphatic rings. The fraction of sp³-hybridized carbons (Fsp3) is 0.450. The number of aromatic nitrogens is 2. The second-order valence-corrected chi connectivity index (χ2v) is 6.37. The van der Waals surface area contributed by atoms with Crippen molar-refractivity contribution < 1.29 is 9.47 Å². The molecule has 0 spiro atoms. The van der Waals surface area contributed by atoms with E-state index in [4.69, 9.17) is 9.47 Å². The van der Waals surface area contributed by atoms with Crippen molar-refractivity contribution in [3.63, 3.8) is 0 Å². The van der Waals surface area contributed by atoms with Crippen LogP contribution < -0.4 is 15.0 Å². The molecule has 0 unspecified atom stereocenters.